The van der Waals surface area contributed by atoms with Crippen LogP contribution in [-0.4, -0.2) is 30.4 Å². The fourth-order valence-corrected chi connectivity index (χ4v) is 4.58. The van der Waals surface area contributed by atoms with Gasteiger partial charge in [0, 0.05) is 0 Å². The van der Waals surface area contributed by atoms with Crippen molar-refractivity contribution in [2.45, 2.75) is 53.4 Å². The minimum atomic E-state index is -0.238. The number of morpholine rings is 1. The third-order valence-electron chi connectivity index (χ3n) is 5.72. The van der Waals surface area contributed by atoms with Gasteiger partial charge in [-0.05, 0) is 70.0 Å². The molecule has 1 aliphatic rings. The predicted octanol–water partition coefficient (Wildman–Crippen LogP) is 3.41. The van der Waals surface area contributed by atoms with Gasteiger partial charge in [0.2, 0.25) is 11.2 Å². The van der Waals surface area contributed by atoms with Crippen LogP contribution in [0.5, 0.6) is 17.2 Å². The molecule has 0 amide bonds. The van der Waals surface area contributed by atoms with E-state index in [-0.39, 0.29) is 29.1 Å². The number of phenols is 1. The number of aryl methyl sites for hydroxylation is 3. The zero-order valence-electron chi connectivity index (χ0n) is 18.7. The largest absolute Gasteiger partial charge is 0.507 e. The Balaban J connectivity index is 1.75. The highest BCUT2D eigenvalue weighted by Crippen LogP contribution is 2.31. The molecule has 6 heteroatoms. The molecule has 1 aromatic heterocycles. The second-order valence-corrected chi connectivity index (χ2v) is 8.77. The Labute approximate surface area is 182 Å². The Morgan fingerprint density at radius 2 is 1.71 bits per heavy atom. The first-order chi connectivity index (χ1) is 14.7. The van der Waals surface area contributed by atoms with Crippen molar-refractivity contribution in [3.8, 4) is 17.2 Å². The predicted molar refractivity (Wildman–Crippen MR) is 119 cm³/mol. The van der Waals surface area contributed by atoms with Gasteiger partial charge in [-0.1, -0.05) is 6.07 Å². The van der Waals surface area contributed by atoms with Crippen LogP contribution in [0, 0.1) is 20.8 Å². The third-order valence-corrected chi connectivity index (χ3v) is 5.72. The number of rotatable bonds is 4. The van der Waals surface area contributed by atoms with E-state index in [9.17, 15) is 9.90 Å². The normalized spacial score (nSPS) is 21.4. The SMILES string of the molecule is Cc1cc(C)cc(Oc2c(C)oc3c(C[NH+]4C[C@H](C)O[C@@H](C)C4)c(O)ccc3c2=O)c1. The molecule has 2 atom stereocenters. The molecule has 1 saturated heterocycles. The topological polar surface area (TPSA) is 73.3 Å². The van der Waals surface area contributed by atoms with Crippen LogP contribution < -0.4 is 15.1 Å². The summed E-state index contributed by atoms with van der Waals surface area (Å²) >= 11 is 0. The second-order valence-electron chi connectivity index (χ2n) is 8.77. The quantitative estimate of drug-likeness (QED) is 0.672. The maximum absolute atomic E-state index is 13.3. The van der Waals surface area contributed by atoms with Crippen molar-refractivity contribution in [2.75, 3.05) is 13.1 Å². The summed E-state index contributed by atoms with van der Waals surface area (Å²) < 4.78 is 17.9. The van der Waals surface area contributed by atoms with Crippen molar-refractivity contribution in [1.82, 2.24) is 0 Å². The fourth-order valence-electron chi connectivity index (χ4n) is 4.58. The van der Waals surface area contributed by atoms with Gasteiger partial charge in [0.25, 0.3) is 0 Å². The van der Waals surface area contributed by atoms with E-state index in [4.69, 9.17) is 13.9 Å². The molecule has 3 aromatic rings. The number of fused-ring (bicyclic) bond motifs is 1. The molecule has 6 nitrogen and oxygen atoms in total. The molecule has 0 bridgehead atoms. The first kappa shape index (κ1) is 21.4. The molecular formula is C25H30NO5+. The third kappa shape index (κ3) is 4.45. The van der Waals surface area contributed by atoms with Gasteiger partial charge in [-0.25, -0.2) is 0 Å². The van der Waals surface area contributed by atoms with Crippen molar-refractivity contribution in [3.63, 3.8) is 0 Å². The summed E-state index contributed by atoms with van der Waals surface area (Å²) in [6, 6.07) is 9.00. The van der Waals surface area contributed by atoms with Crippen LogP contribution >= 0.6 is 0 Å². The molecule has 0 radical (unpaired) electrons. The number of quaternary nitrogens is 1. The van der Waals surface area contributed by atoms with Gasteiger partial charge in [0.1, 0.15) is 49.1 Å². The summed E-state index contributed by atoms with van der Waals surface area (Å²) in [4.78, 5) is 14.6. The Bertz CT molecular complexity index is 1150. The molecule has 1 fully saturated rings. The van der Waals surface area contributed by atoms with Gasteiger partial charge in [-0.15, -0.1) is 0 Å². The Hall–Kier alpha value is -2.83. The van der Waals surface area contributed by atoms with E-state index < -0.39 is 0 Å². The van der Waals surface area contributed by atoms with Gasteiger partial charge in [-0.3, -0.25) is 4.79 Å². The number of hydrogen-bond acceptors (Lipinski definition) is 5. The van der Waals surface area contributed by atoms with E-state index in [1.165, 1.54) is 4.90 Å². The highest BCUT2D eigenvalue weighted by molar-refractivity contribution is 5.83. The van der Waals surface area contributed by atoms with Crippen molar-refractivity contribution < 1.29 is 23.9 Å². The standard InChI is InChI=1S/C25H29NO5/c1-14-8-15(2)10-19(9-14)31-24-18(5)30-25-20(23(24)28)6-7-22(27)21(25)13-26-11-16(3)29-17(4)12-26/h6-10,16-17,27H,11-13H2,1-5H3/p+1/t16-,17-/m0/s1. The lowest BCUT2D eigenvalue weighted by Gasteiger charge is -2.32. The Morgan fingerprint density at radius 1 is 1.06 bits per heavy atom. The molecule has 2 N–H and O–H groups in total. The van der Waals surface area contributed by atoms with E-state index in [0.717, 1.165) is 24.2 Å². The molecule has 0 aliphatic carbocycles. The van der Waals surface area contributed by atoms with E-state index in [0.29, 0.717) is 34.6 Å². The number of aromatic hydroxyl groups is 1. The molecular weight excluding hydrogens is 394 g/mol. The van der Waals surface area contributed by atoms with Gasteiger partial charge in [0.15, 0.2) is 5.58 Å². The molecule has 0 unspecified atom stereocenters. The summed E-state index contributed by atoms with van der Waals surface area (Å²) in [5.74, 6) is 1.31. The lowest BCUT2D eigenvalue weighted by molar-refractivity contribution is -0.928. The fraction of sp³-hybridized carbons (Fsp3) is 0.400. The lowest BCUT2D eigenvalue weighted by atomic mass is 10.1. The first-order valence-electron chi connectivity index (χ1n) is 10.7. The van der Waals surface area contributed by atoms with Crippen molar-refractivity contribution in [3.05, 3.63) is 63.0 Å². The highest BCUT2D eigenvalue weighted by Gasteiger charge is 2.28. The molecule has 4 rings (SSSR count). The van der Waals surface area contributed by atoms with Crippen molar-refractivity contribution in [2.24, 2.45) is 0 Å². The monoisotopic (exact) mass is 424 g/mol. The van der Waals surface area contributed by atoms with Gasteiger partial charge >= 0.3 is 0 Å². The van der Waals surface area contributed by atoms with Crippen LogP contribution in [0.4, 0.5) is 0 Å². The minimum Gasteiger partial charge on any atom is -0.507 e. The highest BCUT2D eigenvalue weighted by atomic mass is 16.5. The first-order valence-corrected chi connectivity index (χ1v) is 10.7. The summed E-state index contributed by atoms with van der Waals surface area (Å²) in [6.07, 6.45) is 0.282. The van der Waals surface area contributed by atoms with Crippen LogP contribution in [0.15, 0.2) is 39.5 Å². The average Bonchev–Trinajstić information content (AvgIpc) is 2.66. The number of phenolic OH excluding ortho intramolecular Hbond substituents is 1. The summed E-state index contributed by atoms with van der Waals surface area (Å²) in [7, 11) is 0. The van der Waals surface area contributed by atoms with Gasteiger partial charge in [0.05, 0.1) is 10.9 Å². The zero-order chi connectivity index (χ0) is 22.3. The second kappa shape index (κ2) is 8.36. The molecule has 0 saturated carbocycles. The number of ether oxygens (including phenoxy) is 2. The van der Waals surface area contributed by atoms with E-state index >= 15 is 0 Å². The zero-order valence-corrected chi connectivity index (χ0v) is 18.7. The van der Waals surface area contributed by atoms with Crippen LogP contribution in [0.25, 0.3) is 11.0 Å². The van der Waals surface area contributed by atoms with Crippen LogP contribution in [0.3, 0.4) is 0 Å². The number of nitrogens with one attached hydrogen (secondary N) is 1. The van der Waals surface area contributed by atoms with Crippen LogP contribution in [-0.2, 0) is 11.3 Å². The molecule has 31 heavy (non-hydrogen) atoms. The van der Waals surface area contributed by atoms with Gasteiger partial charge < -0.3 is 23.9 Å². The summed E-state index contributed by atoms with van der Waals surface area (Å²) in [5.41, 5.74) is 2.95. The molecule has 2 heterocycles. The minimum absolute atomic E-state index is 0.136. The van der Waals surface area contributed by atoms with E-state index in [1.807, 2.05) is 32.0 Å². The smallest absolute Gasteiger partial charge is 0.235 e. The van der Waals surface area contributed by atoms with Crippen molar-refractivity contribution >= 4 is 11.0 Å². The molecule has 1 aliphatic heterocycles. The molecule has 164 valence electrons. The average molecular weight is 425 g/mol. The number of hydrogen-bond donors (Lipinski definition) is 2. The maximum Gasteiger partial charge on any atom is 0.235 e. The van der Waals surface area contributed by atoms with Gasteiger partial charge in [-0.2, -0.15) is 0 Å². The Morgan fingerprint density at radius 3 is 2.35 bits per heavy atom. The maximum atomic E-state index is 13.3. The molecule has 0 spiro atoms. The lowest BCUT2D eigenvalue weighted by Crippen LogP contribution is -3.14. The molecule has 2 aromatic carbocycles. The summed E-state index contributed by atoms with van der Waals surface area (Å²) in [5, 5.41) is 11.0. The van der Waals surface area contributed by atoms with Crippen LogP contribution in [0.1, 0.15) is 36.3 Å². The van der Waals surface area contributed by atoms with E-state index in [2.05, 4.69) is 13.8 Å². The summed E-state index contributed by atoms with van der Waals surface area (Å²) in [6.45, 7) is 12.0. The Kier molecular flexibility index (Phi) is 5.77. The van der Waals surface area contributed by atoms with E-state index in [1.54, 1.807) is 19.1 Å². The van der Waals surface area contributed by atoms with Crippen LogP contribution in [0.2, 0.25) is 0 Å². The number of benzene rings is 2. The van der Waals surface area contributed by atoms with Crippen molar-refractivity contribution in [1.29, 1.82) is 0 Å².